The highest BCUT2D eigenvalue weighted by Crippen LogP contribution is 2.27. The molecule has 0 saturated heterocycles. The molecule has 0 aliphatic heterocycles. The fourth-order valence-corrected chi connectivity index (χ4v) is 2.22. The Kier molecular flexibility index (Phi) is 5.84. The van der Waals surface area contributed by atoms with Crippen LogP contribution in [0.1, 0.15) is 17.5 Å². The molecule has 0 aromatic heterocycles. The van der Waals surface area contributed by atoms with Crippen molar-refractivity contribution < 1.29 is 24.5 Å². The number of carbonyl (C=O) groups is 1. The summed E-state index contributed by atoms with van der Waals surface area (Å²) in [4.78, 5) is 12.0. The Morgan fingerprint density at radius 3 is 2.29 bits per heavy atom. The van der Waals surface area contributed by atoms with Crippen molar-refractivity contribution in [2.75, 3.05) is 14.2 Å². The zero-order chi connectivity index (χ0) is 17.5. The Morgan fingerprint density at radius 1 is 1.00 bits per heavy atom. The largest absolute Gasteiger partial charge is 0.504 e. The number of aryl methyl sites for hydroxylation is 1. The molecule has 0 aliphatic rings. The molecule has 2 rings (SSSR count). The lowest BCUT2D eigenvalue weighted by molar-refractivity contribution is -0.114. The van der Waals surface area contributed by atoms with Crippen molar-refractivity contribution in [1.29, 1.82) is 0 Å². The molecule has 2 N–H and O–H groups in total. The highest BCUT2D eigenvalue weighted by Gasteiger charge is 2.05. The number of rotatable bonds is 7. The molecule has 0 amide bonds. The van der Waals surface area contributed by atoms with Gasteiger partial charge in [0.1, 0.15) is 0 Å². The van der Waals surface area contributed by atoms with Crippen LogP contribution in [0.2, 0.25) is 0 Å². The first-order chi connectivity index (χ1) is 11.5. The van der Waals surface area contributed by atoms with Gasteiger partial charge in [-0.05, 0) is 47.9 Å². The van der Waals surface area contributed by atoms with Gasteiger partial charge < -0.3 is 19.7 Å². The Bertz CT molecular complexity index is 749. The summed E-state index contributed by atoms with van der Waals surface area (Å²) in [7, 11) is 2.96. The first-order valence-corrected chi connectivity index (χ1v) is 7.47. The van der Waals surface area contributed by atoms with Gasteiger partial charge in [0, 0.05) is 6.42 Å². The number of phenolic OH excluding ortho intramolecular Hbond substituents is 2. The number of ether oxygens (including phenoxy) is 2. The molecule has 0 spiro atoms. The summed E-state index contributed by atoms with van der Waals surface area (Å²) in [5.41, 5.74) is 1.68. The number of allylic oxidation sites excluding steroid dienone is 1. The summed E-state index contributed by atoms with van der Waals surface area (Å²) in [6.07, 6.45) is 4.09. The molecule has 0 unspecified atom stereocenters. The Labute approximate surface area is 140 Å². The van der Waals surface area contributed by atoms with Crippen LogP contribution in [0.3, 0.4) is 0 Å². The number of aromatic hydroxyl groups is 2. The zero-order valence-electron chi connectivity index (χ0n) is 13.7. The standard InChI is InChI=1S/C19H20O5/c1-23-18-11-13(5-9-16(18)21)3-7-15(20)8-4-14-6-10-17(22)19(12-14)24-2/h3,5-7,9-12,21-22H,4,8H2,1-2H3. The summed E-state index contributed by atoms with van der Waals surface area (Å²) < 4.78 is 10.1. The number of hydrogen-bond acceptors (Lipinski definition) is 5. The minimum absolute atomic E-state index is 0.0194. The van der Waals surface area contributed by atoms with Gasteiger partial charge in [0.15, 0.2) is 28.8 Å². The molecular formula is C19H20O5. The molecule has 0 radical (unpaired) electrons. The zero-order valence-corrected chi connectivity index (χ0v) is 13.7. The van der Waals surface area contributed by atoms with Crippen LogP contribution in [-0.4, -0.2) is 30.2 Å². The van der Waals surface area contributed by atoms with Crippen LogP contribution in [0, 0.1) is 0 Å². The van der Waals surface area contributed by atoms with Gasteiger partial charge in [-0.2, -0.15) is 0 Å². The van der Waals surface area contributed by atoms with Crippen LogP contribution in [-0.2, 0) is 11.2 Å². The van der Waals surface area contributed by atoms with E-state index in [4.69, 9.17) is 9.47 Å². The van der Waals surface area contributed by atoms with E-state index in [9.17, 15) is 15.0 Å². The van der Waals surface area contributed by atoms with Crippen molar-refractivity contribution in [2.24, 2.45) is 0 Å². The van der Waals surface area contributed by atoms with E-state index < -0.39 is 0 Å². The van der Waals surface area contributed by atoms with Crippen LogP contribution in [0.4, 0.5) is 0 Å². The van der Waals surface area contributed by atoms with Crippen molar-refractivity contribution in [3.63, 3.8) is 0 Å². The van der Waals surface area contributed by atoms with Crippen LogP contribution in [0.5, 0.6) is 23.0 Å². The second kappa shape index (κ2) is 8.06. The highest BCUT2D eigenvalue weighted by atomic mass is 16.5. The van der Waals surface area contributed by atoms with Gasteiger partial charge >= 0.3 is 0 Å². The third kappa shape index (κ3) is 4.52. The maximum absolute atomic E-state index is 12.0. The topological polar surface area (TPSA) is 76.0 Å². The Morgan fingerprint density at radius 2 is 1.62 bits per heavy atom. The van der Waals surface area contributed by atoms with Gasteiger partial charge in [-0.3, -0.25) is 4.79 Å². The van der Waals surface area contributed by atoms with Crippen LogP contribution < -0.4 is 9.47 Å². The maximum Gasteiger partial charge on any atom is 0.161 e. The quantitative estimate of drug-likeness (QED) is 0.763. The van der Waals surface area contributed by atoms with E-state index in [2.05, 4.69) is 0 Å². The summed E-state index contributed by atoms with van der Waals surface area (Å²) in [6.45, 7) is 0. The predicted molar refractivity (Wildman–Crippen MR) is 91.7 cm³/mol. The molecule has 5 heteroatoms. The summed E-state index contributed by atoms with van der Waals surface area (Å²) >= 11 is 0. The average molecular weight is 328 g/mol. The third-order valence-electron chi connectivity index (χ3n) is 3.57. The molecule has 5 nitrogen and oxygen atoms in total. The average Bonchev–Trinajstić information content (AvgIpc) is 2.60. The fraction of sp³-hybridized carbons (Fsp3) is 0.211. The first-order valence-electron chi connectivity index (χ1n) is 7.47. The Balaban J connectivity index is 1.96. The van der Waals surface area contributed by atoms with Crippen LogP contribution in [0.15, 0.2) is 42.5 Å². The summed E-state index contributed by atoms with van der Waals surface area (Å²) in [5.74, 6) is 0.873. The first kappa shape index (κ1) is 17.4. The van der Waals surface area contributed by atoms with Crippen LogP contribution >= 0.6 is 0 Å². The second-order valence-corrected chi connectivity index (χ2v) is 5.24. The van der Waals surface area contributed by atoms with E-state index in [1.165, 1.54) is 26.4 Å². The fourth-order valence-electron chi connectivity index (χ4n) is 2.22. The lowest BCUT2D eigenvalue weighted by Crippen LogP contribution is -1.96. The smallest absolute Gasteiger partial charge is 0.161 e. The monoisotopic (exact) mass is 328 g/mol. The number of benzene rings is 2. The number of phenols is 2. The minimum Gasteiger partial charge on any atom is -0.504 e. The normalized spacial score (nSPS) is 10.8. The number of carbonyl (C=O) groups excluding carboxylic acids is 1. The predicted octanol–water partition coefficient (Wildman–Crippen LogP) is 3.33. The second-order valence-electron chi connectivity index (χ2n) is 5.24. The molecule has 0 bridgehead atoms. The Hall–Kier alpha value is -2.95. The number of ketones is 1. The van der Waals surface area contributed by atoms with Gasteiger partial charge in [-0.1, -0.05) is 18.2 Å². The molecule has 0 fully saturated rings. The van der Waals surface area contributed by atoms with E-state index >= 15 is 0 Å². The third-order valence-corrected chi connectivity index (χ3v) is 3.57. The lowest BCUT2D eigenvalue weighted by Gasteiger charge is -2.06. The highest BCUT2D eigenvalue weighted by molar-refractivity contribution is 5.93. The molecule has 0 saturated carbocycles. The molecule has 0 aliphatic carbocycles. The van der Waals surface area contributed by atoms with Crippen LogP contribution in [0.25, 0.3) is 6.08 Å². The van der Waals surface area contributed by atoms with E-state index in [-0.39, 0.29) is 17.3 Å². The summed E-state index contributed by atoms with van der Waals surface area (Å²) in [6, 6.07) is 9.91. The van der Waals surface area contributed by atoms with Crippen molar-refractivity contribution in [2.45, 2.75) is 12.8 Å². The minimum atomic E-state index is -0.0194. The van der Waals surface area contributed by atoms with Gasteiger partial charge in [-0.25, -0.2) is 0 Å². The van der Waals surface area contributed by atoms with E-state index in [1.807, 2.05) is 0 Å². The molecule has 126 valence electrons. The maximum atomic E-state index is 12.0. The molecule has 2 aromatic rings. The van der Waals surface area contributed by atoms with E-state index in [0.29, 0.717) is 24.3 Å². The van der Waals surface area contributed by atoms with Crippen molar-refractivity contribution in [3.8, 4) is 23.0 Å². The van der Waals surface area contributed by atoms with Crippen molar-refractivity contribution in [3.05, 3.63) is 53.6 Å². The molecule has 24 heavy (non-hydrogen) atoms. The molecule has 0 heterocycles. The lowest BCUT2D eigenvalue weighted by atomic mass is 10.1. The molecule has 2 aromatic carbocycles. The van der Waals surface area contributed by atoms with Gasteiger partial charge in [0.25, 0.3) is 0 Å². The molecular weight excluding hydrogens is 308 g/mol. The SMILES string of the molecule is COc1cc(C=CC(=O)CCc2ccc(O)c(OC)c2)ccc1O. The number of hydrogen-bond donors (Lipinski definition) is 2. The van der Waals surface area contributed by atoms with Gasteiger partial charge in [0.2, 0.25) is 0 Å². The van der Waals surface area contributed by atoms with Crippen molar-refractivity contribution in [1.82, 2.24) is 0 Å². The van der Waals surface area contributed by atoms with E-state index in [0.717, 1.165) is 11.1 Å². The van der Waals surface area contributed by atoms with E-state index in [1.54, 1.807) is 36.4 Å². The summed E-state index contributed by atoms with van der Waals surface area (Å²) in [5, 5.41) is 19.1. The van der Waals surface area contributed by atoms with Gasteiger partial charge in [0.05, 0.1) is 14.2 Å². The number of methoxy groups -OCH3 is 2. The van der Waals surface area contributed by atoms with Crippen molar-refractivity contribution >= 4 is 11.9 Å². The molecule has 0 atom stereocenters. The van der Waals surface area contributed by atoms with Gasteiger partial charge in [-0.15, -0.1) is 0 Å².